The van der Waals surface area contributed by atoms with E-state index in [2.05, 4.69) is 19.9 Å². The molecule has 0 spiro atoms. The van der Waals surface area contributed by atoms with Gasteiger partial charge in [0, 0.05) is 0 Å². The van der Waals surface area contributed by atoms with Crippen LogP contribution in [-0.2, 0) is 0 Å². The summed E-state index contributed by atoms with van der Waals surface area (Å²) in [6, 6.07) is 6.01. The second-order valence-electron chi connectivity index (χ2n) is 9.17. The number of hydrogen-bond donors (Lipinski definition) is 1. The van der Waals surface area contributed by atoms with Gasteiger partial charge >= 0.3 is 5.97 Å². The lowest BCUT2D eigenvalue weighted by Crippen LogP contribution is -2.30. The lowest BCUT2D eigenvalue weighted by Gasteiger charge is -2.43. The van der Waals surface area contributed by atoms with E-state index in [0.717, 1.165) is 11.8 Å². The third-order valence-corrected chi connectivity index (χ3v) is 7.22. The van der Waals surface area contributed by atoms with Crippen molar-refractivity contribution in [1.29, 1.82) is 0 Å². The van der Waals surface area contributed by atoms with Crippen LogP contribution in [0, 0.1) is 11.8 Å². The number of carbonyl (C=O) groups is 1. The Hall–Kier alpha value is -1.31. The van der Waals surface area contributed by atoms with Crippen molar-refractivity contribution in [2.75, 3.05) is 0 Å². The second kappa shape index (κ2) is 9.75. The lowest BCUT2D eigenvalue weighted by molar-refractivity contribution is 0.0696. The van der Waals surface area contributed by atoms with Crippen LogP contribution in [0.25, 0.3) is 0 Å². The maximum atomic E-state index is 11.5. The van der Waals surface area contributed by atoms with Gasteiger partial charge in [-0.25, -0.2) is 4.79 Å². The van der Waals surface area contributed by atoms with Gasteiger partial charge in [0.25, 0.3) is 0 Å². The molecule has 150 valence electrons. The zero-order valence-corrected chi connectivity index (χ0v) is 17.4. The molecule has 1 N–H and O–H groups in total. The van der Waals surface area contributed by atoms with Gasteiger partial charge in [-0.1, -0.05) is 71.3 Å². The van der Waals surface area contributed by atoms with Crippen molar-refractivity contribution < 1.29 is 9.90 Å². The summed E-state index contributed by atoms with van der Waals surface area (Å²) in [7, 11) is 0. The lowest BCUT2D eigenvalue weighted by atomic mass is 9.62. The van der Waals surface area contributed by atoms with E-state index in [1.165, 1.54) is 88.2 Å². The SMILES string of the molecule is CCCCCCC[C@@H]1CC(C)c2cc(C(=O)O)ccc2[C@H]1C1CCCCC1. The monoisotopic (exact) mass is 370 g/mol. The molecule has 0 radical (unpaired) electrons. The van der Waals surface area contributed by atoms with Crippen LogP contribution in [0.2, 0.25) is 0 Å². The highest BCUT2D eigenvalue weighted by molar-refractivity contribution is 5.88. The molecular formula is C25H38O2. The molecule has 2 nitrogen and oxygen atoms in total. The van der Waals surface area contributed by atoms with Crippen LogP contribution in [0.3, 0.4) is 0 Å². The summed E-state index contributed by atoms with van der Waals surface area (Å²) in [6.45, 7) is 4.59. The summed E-state index contributed by atoms with van der Waals surface area (Å²) in [5.74, 6) is 1.94. The van der Waals surface area contributed by atoms with Gasteiger partial charge in [-0.2, -0.15) is 0 Å². The fourth-order valence-corrected chi connectivity index (χ4v) is 5.86. The average molecular weight is 371 g/mol. The van der Waals surface area contributed by atoms with Crippen molar-refractivity contribution in [3.8, 4) is 0 Å². The number of carboxylic acids is 1. The molecule has 27 heavy (non-hydrogen) atoms. The molecule has 1 unspecified atom stereocenters. The van der Waals surface area contributed by atoms with Crippen molar-refractivity contribution in [2.24, 2.45) is 11.8 Å². The zero-order chi connectivity index (χ0) is 19.2. The maximum absolute atomic E-state index is 11.5. The summed E-state index contributed by atoms with van der Waals surface area (Å²) in [5.41, 5.74) is 3.28. The summed E-state index contributed by atoms with van der Waals surface area (Å²) in [5, 5.41) is 9.43. The molecule has 2 heteroatoms. The van der Waals surface area contributed by atoms with Crippen LogP contribution in [0.1, 0.15) is 124 Å². The molecule has 1 saturated carbocycles. The number of aromatic carboxylic acids is 1. The van der Waals surface area contributed by atoms with Crippen LogP contribution < -0.4 is 0 Å². The Labute approximate surface area is 165 Å². The van der Waals surface area contributed by atoms with E-state index in [1.807, 2.05) is 12.1 Å². The number of benzene rings is 1. The van der Waals surface area contributed by atoms with Gasteiger partial charge in [0.15, 0.2) is 0 Å². The molecule has 0 bridgehead atoms. The standard InChI is InChI=1S/C25H38O2/c1-3-4-5-6-8-13-20-16-18(2)23-17-21(25(26)27)14-15-22(23)24(20)19-11-9-7-10-12-19/h14-15,17-20,24H,3-13,16H2,1-2H3,(H,26,27)/t18?,20-,24+/m1/s1. The van der Waals surface area contributed by atoms with Crippen LogP contribution in [-0.4, -0.2) is 11.1 Å². The molecule has 0 saturated heterocycles. The van der Waals surface area contributed by atoms with Crippen LogP contribution in [0.5, 0.6) is 0 Å². The van der Waals surface area contributed by atoms with Crippen LogP contribution in [0.15, 0.2) is 18.2 Å². The van der Waals surface area contributed by atoms with E-state index >= 15 is 0 Å². The Morgan fingerprint density at radius 1 is 1.04 bits per heavy atom. The molecule has 1 fully saturated rings. The Morgan fingerprint density at radius 3 is 2.48 bits per heavy atom. The minimum Gasteiger partial charge on any atom is -0.478 e. The quantitative estimate of drug-likeness (QED) is 0.480. The molecule has 1 aromatic rings. The minimum atomic E-state index is -0.794. The van der Waals surface area contributed by atoms with Crippen molar-refractivity contribution in [3.63, 3.8) is 0 Å². The Balaban J connectivity index is 1.82. The maximum Gasteiger partial charge on any atom is 0.335 e. The highest BCUT2D eigenvalue weighted by atomic mass is 16.4. The Kier molecular flexibility index (Phi) is 7.38. The van der Waals surface area contributed by atoms with Gasteiger partial charge in [-0.3, -0.25) is 0 Å². The molecule has 0 heterocycles. The third kappa shape index (κ3) is 4.95. The fraction of sp³-hybridized carbons (Fsp3) is 0.720. The van der Waals surface area contributed by atoms with Crippen molar-refractivity contribution >= 4 is 5.97 Å². The van der Waals surface area contributed by atoms with E-state index in [0.29, 0.717) is 17.4 Å². The molecule has 2 aliphatic rings. The van der Waals surface area contributed by atoms with Crippen molar-refractivity contribution in [2.45, 2.75) is 103 Å². The van der Waals surface area contributed by atoms with Gasteiger partial charge in [-0.15, -0.1) is 0 Å². The number of unbranched alkanes of at least 4 members (excludes halogenated alkanes) is 4. The summed E-state index contributed by atoms with van der Waals surface area (Å²) < 4.78 is 0. The van der Waals surface area contributed by atoms with Crippen LogP contribution >= 0.6 is 0 Å². The van der Waals surface area contributed by atoms with Gasteiger partial charge in [0.1, 0.15) is 0 Å². The molecule has 2 aliphatic carbocycles. The predicted octanol–water partition coefficient (Wildman–Crippen LogP) is 7.53. The predicted molar refractivity (Wildman–Crippen MR) is 113 cm³/mol. The number of fused-ring (bicyclic) bond motifs is 1. The average Bonchev–Trinajstić information content (AvgIpc) is 2.68. The molecule has 1 aromatic carbocycles. The van der Waals surface area contributed by atoms with E-state index in [-0.39, 0.29) is 0 Å². The number of hydrogen-bond acceptors (Lipinski definition) is 1. The molecule has 0 aromatic heterocycles. The topological polar surface area (TPSA) is 37.3 Å². The molecular weight excluding hydrogens is 332 g/mol. The fourth-order valence-electron chi connectivity index (χ4n) is 5.86. The number of carboxylic acid groups (broad SMARTS) is 1. The summed E-state index contributed by atoms with van der Waals surface area (Å²) in [6.07, 6.45) is 16.3. The van der Waals surface area contributed by atoms with Gasteiger partial charge < -0.3 is 5.11 Å². The molecule has 0 amide bonds. The smallest absolute Gasteiger partial charge is 0.335 e. The summed E-state index contributed by atoms with van der Waals surface area (Å²) >= 11 is 0. The van der Waals surface area contributed by atoms with Gasteiger partial charge in [0.2, 0.25) is 0 Å². The Bertz CT molecular complexity index is 615. The zero-order valence-electron chi connectivity index (χ0n) is 17.4. The van der Waals surface area contributed by atoms with Gasteiger partial charge in [-0.05, 0) is 72.6 Å². The molecule has 3 atom stereocenters. The first-order chi connectivity index (χ1) is 13.1. The first-order valence-corrected chi connectivity index (χ1v) is 11.5. The van der Waals surface area contributed by atoms with E-state index in [9.17, 15) is 9.90 Å². The minimum absolute atomic E-state index is 0.459. The first-order valence-electron chi connectivity index (χ1n) is 11.5. The van der Waals surface area contributed by atoms with E-state index < -0.39 is 5.97 Å². The Morgan fingerprint density at radius 2 is 1.78 bits per heavy atom. The van der Waals surface area contributed by atoms with Crippen LogP contribution in [0.4, 0.5) is 0 Å². The van der Waals surface area contributed by atoms with Crippen molar-refractivity contribution in [1.82, 2.24) is 0 Å². The first kappa shape index (κ1) is 20.4. The number of rotatable bonds is 8. The summed E-state index contributed by atoms with van der Waals surface area (Å²) in [4.78, 5) is 11.5. The highest BCUT2D eigenvalue weighted by Crippen LogP contribution is 2.51. The van der Waals surface area contributed by atoms with E-state index in [4.69, 9.17) is 0 Å². The molecule has 0 aliphatic heterocycles. The highest BCUT2D eigenvalue weighted by Gasteiger charge is 2.38. The van der Waals surface area contributed by atoms with Gasteiger partial charge in [0.05, 0.1) is 5.56 Å². The normalized spacial score (nSPS) is 25.9. The van der Waals surface area contributed by atoms with Crippen molar-refractivity contribution in [3.05, 3.63) is 34.9 Å². The third-order valence-electron chi connectivity index (χ3n) is 7.22. The second-order valence-corrected chi connectivity index (χ2v) is 9.17. The molecule has 3 rings (SSSR count). The largest absolute Gasteiger partial charge is 0.478 e. The van der Waals surface area contributed by atoms with E-state index in [1.54, 1.807) is 0 Å².